The van der Waals surface area contributed by atoms with Gasteiger partial charge in [-0.2, -0.15) is 8.78 Å². The van der Waals surface area contributed by atoms with Gasteiger partial charge in [-0.25, -0.2) is 4.98 Å². The number of anilines is 1. The van der Waals surface area contributed by atoms with Crippen molar-refractivity contribution in [1.82, 2.24) is 9.55 Å². The summed E-state index contributed by atoms with van der Waals surface area (Å²) in [4.78, 5) is 27.3. The van der Waals surface area contributed by atoms with E-state index in [2.05, 4.69) is 10.3 Å². The highest BCUT2D eigenvalue weighted by Crippen LogP contribution is 2.27. The molecule has 0 amide bonds. The molecule has 0 aliphatic heterocycles. The lowest BCUT2D eigenvalue weighted by molar-refractivity contribution is -0.117. The van der Waals surface area contributed by atoms with E-state index in [0.29, 0.717) is 5.69 Å². The fourth-order valence-corrected chi connectivity index (χ4v) is 2.09. The molecule has 0 aliphatic carbocycles. The van der Waals surface area contributed by atoms with E-state index in [-0.39, 0.29) is 23.7 Å². The largest absolute Gasteiger partial charge is 0.359 e. The highest BCUT2D eigenvalue weighted by molar-refractivity contribution is 5.75. The van der Waals surface area contributed by atoms with Crippen molar-refractivity contribution in [3.63, 3.8) is 0 Å². The van der Waals surface area contributed by atoms with Crippen LogP contribution in [0.3, 0.4) is 0 Å². The van der Waals surface area contributed by atoms with Gasteiger partial charge in [0.1, 0.15) is 5.78 Å². The predicted octanol–water partition coefficient (Wildman–Crippen LogP) is 2.34. The Kier molecular flexibility index (Phi) is 4.88. The summed E-state index contributed by atoms with van der Waals surface area (Å²) in [7, 11) is 0. The molecule has 122 valence electrons. The van der Waals surface area contributed by atoms with Crippen LogP contribution in [0.2, 0.25) is 0 Å². The van der Waals surface area contributed by atoms with Gasteiger partial charge in [-0.15, -0.1) is 0 Å². The second-order valence-electron chi connectivity index (χ2n) is 5.27. The molecule has 0 fully saturated rings. The topological polar surface area (TPSA) is 64.0 Å². The van der Waals surface area contributed by atoms with E-state index >= 15 is 0 Å². The lowest BCUT2D eigenvalue weighted by atomic mass is 10.1. The number of aromatic nitrogens is 2. The Morgan fingerprint density at radius 3 is 2.57 bits per heavy atom. The van der Waals surface area contributed by atoms with Crippen LogP contribution in [0.15, 0.2) is 41.3 Å². The van der Waals surface area contributed by atoms with Crippen LogP contribution in [0, 0.1) is 6.92 Å². The number of benzene rings is 1. The second-order valence-corrected chi connectivity index (χ2v) is 5.27. The average Bonchev–Trinajstić information content (AvgIpc) is 2.51. The Morgan fingerprint density at radius 2 is 1.96 bits per heavy atom. The van der Waals surface area contributed by atoms with Crippen molar-refractivity contribution >= 4 is 11.6 Å². The van der Waals surface area contributed by atoms with Crippen LogP contribution >= 0.6 is 0 Å². The lowest BCUT2D eigenvalue weighted by Gasteiger charge is -2.18. The zero-order chi connectivity index (χ0) is 17.0. The molecule has 0 radical (unpaired) electrons. The molecule has 0 bridgehead atoms. The van der Waals surface area contributed by atoms with Crippen LogP contribution in [-0.4, -0.2) is 21.9 Å². The maximum atomic E-state index is 14.1. The standard InChI is InChI=1S/C16H17F2N3O2/c1-11-8-19-14(15(23)21(11)9-12(2)22)20-10-16(17,18)13-6-4-3-5-7-13/h3-8H,9-10H2,1-2H3,(H,19,20). The number of nitrogens with zero attached hydrogens (tertiary/aromatic N) is 2. The summed E-state index contributed by atoms with van der Waals surface area (Å²) in [5, 5.41) is 2.39. The molecule has 5 nitrogen and oxygen atoms in total. The molecular formula is C16H17F2N3O2. The molecule has 0 atom stereocenters. The third-order valence-corrected chi connectivity index (χ3v) is 3.31. The van der Waals surface area contributed by atoms with Gasteiger partial charge in [-0.05, 0) is 13.8 Å². The van der Waals surface area contributed by atoms with E-state index in [4.69, 9.17) is 0 Å². The van der Waals surface area contributed by atoms with Gasteiger partial charge >= 0.3 is 0 Å². The molecule has 1 aromatic heterocycles. The van der Waals surface area contributed by atoms with Crippen LogP contribution in [0.25, 0.3) is 0 Å². The number of aryl methyl sites for hydroxylation is 1. The van der Waals surface area contributed by atoms with Crippen molar-refractivity contribution in [2.45, 2.75) is 26.3 Å². The summed E-state index contributed by atoms with van der Waals surface area (Å²) in [6, 6.07) is 7.33. The Bertz CT molecular complexity index is 758. The van der Waals surface area contributed by atoms with Crippen molar-refractivity contribution in [3.05, 3.63) is 58.1 Å². The molecule has 1 N–H and O–H groups in total. The van der Waals surface area contributed by atoms with E-state index in [0.717, 1.165) is 0 Å². The number of carbonyl (C=O) groups excluding carboxylic acids is 1. The number of hydrogen-bond donors (Lipinski definition) is 1. The van der Waals surface area contributed by atoms with Crippen molar-refractivity contribution in [3.8, 4) is 0 Å². The normalized spacial score (nSPS) is 11.3. The van der Waals surface area contributed by atoms with Crippen LogP contribution in [0.1, 0.15) is 18.2 Å². The average molecular weight is 321 g/mol. The summed E-state index contributed by atoms with van der Waals surface area (Å²) < 4.78 is 29.4. The zero-order valence-electron chi connectivity index (χ0n) is 12.8. The first-order valence-electron chi connectivity index (χ1n) is 7.04. The van der Waals surface area contributed by atoms with Gasteiger partial charge in [0.05, 0.1) is 13.1 Å². The minimum Gasteiger partial charge on any atom is -0.359 e. The van der Waals surface area contributed by atoms with Gasteiger partial charge in [-0.1, -0.05) is 30.3 Å². The fourth-order valence-electron chi connectivity index (χ4n) is 2.09. The molecule has 0 saturated heterocycles. The fraction of sp³-hybridized carbons (Fsp3) is 0.312. The zero-order valence-corrected chi connectivity index (χ0v) is 12.8. The predicted molar refractivity (Wildman–Crippen MR) is 82.7 cm³/mol. The number of rotatable bonds is 6. The van der Waals surface area contributed by atoms with Gasteiger partial charge in [0.25, 0.3) is 11.5 Å². The molecule has 0 spiro atoms. The third-order valence-electron chi connectivity index (χ3n) is 3.31. The number of nitrogens with one attached hydrogen (secondary N) is 1. The molecule has 7 heteroatoms. The van der Waals surface area contributed by atoms with Crippen molar-refractivity contribution in [2.24, 2.45) is 0 Å². The summed E-state index contributed by atoms with van der Waals surface area (Å²) in [5.41, 5.74) is -0.252. The smallest absolute Gasteiger partial charge is 0.293 e. The first kappa shape index (κ1) is 16.8. The Balaban J connectivity index is 2.21. The molecule has 1 aromatic carbocycles. The van der Waals surface area contributed by atoms with Crippen molar-refractivity contribution in [2.75, 3.05) is 11.9 Å². The molecule has 0 saturated carbocycles. The maximum absolute atomic E-state index is 14.1. The highest BCUT2D eigenvalue weighted by atomic mass is 19.3. The summed E-state index contributed by atoms with van der Waals surface area (Å²) >= 11 is 0. The molecular weight excluding hydrogens is 304 g/mol. The van der Waals surface area contributed by atoms with Gasteiger partial charge in [-0.3, -0.25) is 9.59 Å². The van der Waals surface area contributed by atoms with E-state index in [1.165, 1.54) is 42.0 Å². The van der Waals surface area contributed by atoms with Gasteiger partial charge in [0.15, 0.2) is 5.82 Å². The summed E-state index contributed by atoms with van der Waals surface area (Å²) in [6.07, 6.45) is 1.37. The number of carbonyl (C=O) groups is 1. The monoisotopic (exact) mass is 321 g/mol. The van der Waals surface area contributed by atoms with Crippen LogP contribution in [0.4, 0.5) is 14.6 Å². The number of hydrogen-bond acceptors (Lipinski definition) is 4. The lowest BCUT2D eigenvalue weighted by Crippen LogP contribution is -2.32. The van der Waals surface area contributed by atoms with Crippen molar-refractivity contribution < 1.29 is 13.6 Å². The minimum atomic E-state index is -3.15. The molecule has 23 heavy (non-hydrogen) atoms. The molecule has 2 rings (SSSR count). The Hall–Kier alpha value is -2.57. The second kappa shape index (κ2) is 6.68. The maximum Gasteiger partial charge on any atom is 0.293 e. The SMILES string of the molecule is CC(=O)Cn1c(C)cnc(NCC(F)(F)c2ccccc2)c1=O. The number of alkyl halides is 2. The molecule has 2 aromatic rings. The summed E-state index contributed by atoms with van der Waals surface area (Å²) in [6.45, 7) is 2.10. The van der Waals surface area contributed by atoms with Crippen LogP contribution < -0.4 is 10.9 Å². The highest BCUT2D eigenvalue weighted by Gasteiger charge is 2.31. The van der Waals surface area contributed by atoms with E-state index in [9.17, 15) is 18.4 Å². The molecule has 1 heterocycles. The Labute approximate surface area is 132 Å². The molecule has 0 unspecified atom stereocenters. The third kappa shape index (κ3) is 4.00. The first-order chi connectivity index (χ1) is 10.8. The van der Waals surface area contributed by atoms with E-state index < -0.39 is 18.0 Å². The van der Waals surface area contributed by atoms with Crippen molar-refractivity contribution in [1.29, 1.82) is 0 Å². The Morgan fingerprint density at radius 1 is 1.30 bits per heavy atom. The van der Waals surface area contributed by atoms with Gasteiger partial charge in [0.2, 0.25) is 0 Å². The van der Waals surface area contributed by atoms with E-state index in [1.54, 1.807) is 13.0 Å². The quantitative estimate of drug-likeness (QED) is 0.887. The van der Waals surface area contributed by atoms with Crippen LogP contribution in [-0.2, 0) is 17.3 Å². The summed E-state index contributed by atoms with van der Waals surface area (Å²) in [5.74, 6) is -3.56. The number of ketones is 1. The minimum absolute atomic E-state index is 0.114. The number of halogens is 2. The number of Topliss-reactive ketones (excluding diaryl/α,β-unsaturated/α-hetero) is 1. The first-order valence-corrected chi connectivity index (χ1v) is 7.04. The molecule has 0 aliphatic rings. The van der Waals surface area contributed by atoms with Gasteiger partial charge < -0.3 is 9.88 Å². The van der Waals surface area contributed by atoms with E-state index in [1.807, 2.05) is 0 Å². The van der Waals surface area contributed by atoms with Crippen LogP contribution in [0.5, 0.6) is 0 Å². The van der Waals surface area contributed by atoms with Gasteiger partial charge in [0, 0.05) is 17.5 Å².